The van der Waals surface area contributed by atoms with Crippen molar-refractivity contribution in [2.75, 3.05) is 6.61 Å². The number of nitrogens with zero attached hydrogens (tertiary/aromatic N) is 2. The number of ether oxygens (including phenoxy) is 1. The van der Waals surface area contributed by atoms with Gasteiger partial charge in [-0.05, 0) is 38.2 Å². The summed E-state index contributed by atoms with van der Waals surface area (Å²) in [5.41, 5.74) is 5.72. The second-order valence-corrected chi connectivity index (χ2v) is 7.94. The van der Waals surface area contributed by atoms with E-state index in [-0.39, 0.29) is 6.61 Å². The van der Waals surface area contributed by atoms with Gasteiger partial charge in [-0.3, -0.25) is 0 Å². The first kappa shape index (κ1) is 21.5. The largest absolute Gasteiger partial charge is 0.458 e. The van der Waals surface area contributed by atoms with Crippen molar-refractivity contribution in [3.05, 3.63) is 95.8 Å². The molecule has 0 saturated carbocycles. The zero-order chi connectivity index (χ0) is 22.7. The quantitative estimate of drug-likeness (QED) is 0.334. The molecule has 4 rings (SSSR count). The molecule has 1 aromatic heterocycles. The molecule has 0 fully saturated rings. The molecule has 0 saturated heterocycles. The summed E-state index contributed by atoms with van der Waals surface area (Å²) in [5, 5.41) is 11.6. The predicted molar refractivity (Wildman–Crippen MR) is 129 cm³/mol. The molecule has 1 aliphatic rings. The summed E-state index contributed by atoms with van der Waals surface area (Å²) in [6, 6.07) is 17.5. The van der Waals surface area contributed by atoms with Crippen LogP contribution in [-0.4, -0.2) is 27.5 Å². The predicted octanol–water partition coefficient (Wildman–Crippen LogP) is 4.37. The van der Waals surface area contributed by atoms with E-state index in [9.17, 15) is 4.79 Å². The van der Waals surface area contributed by atoms with Crippen molar-refractivity contribution >= 4 is 23.3 Å². The number of allylic oxidation sites excluding steroid dienone is 1. The summed E-state index contributed by atoms with van der Waals surface area (Å²) in [5.74, 6) is -0.433. The number of hydrogen-bond acceptors (Lipinski definition) is 4. The van der Waals surface area contributed by atoms with Crippen LogP contribution in [0.5, 0.6) is 0 Å². The van der Waals surface area contributed by atoms with Crippen LogP contribution in [0.2, 0.25) is 0 Å². The van der Waals surface area contributed by atoms with Gasteiger partial charge >= 0.3 is 5.97 Å². The van der Waals surface area contributed by atoms with Gasteiger partial charge in [-0.2, -0.15) is 5.10 Å². The van der Waals surface area contributed by atoms with E-state index in [1.165, 1.54) is 0 Å². The van der Waals surface area contributed by atoms with Crippen LogP contribution in [0.1, 0.15) is 24.1 Å². The molecule has 0 radical (unpaired) electrons. The topological polar surface area (TPSA) is 68.2 Å². The fourth-order valence-electron chi connectivity index (χ4n) is 3.66. The summed E-state index contributed by atoms with van der Waals surface area (Å²) in [7, 11) is 0. The van der Waals surface area contributed by atoms with E-state index in [4.69, 9.17) is 22.1 Å². The third-order valence-electron chi connectivity index (χ3n) is 5.22. The fraction of sp³-hybridized carbons (Fsp3) is 0.160. The average molecular weight is 445 g/mol. The van der Waals surface area contributed by atoms with Crippen LogP contribution in [0.25, 0.3) is 16.9 Å². The molecule has 1 atom stereocenters. The van der Waals surface area contributed by atoms with Crippen molar-refractivity contribution in [3.63, 3.8) is 0 Å². The molecule has 162 valence electrons. The number of aromatic nitrogens is 2. The molecule has 0 spiro atoms. The van der Waals surface area contributed by atoms with Crippen LogP contribution in [0.4, 0.5) is 0 Å². The summed E-state index contributed by atoms with van der Waals surface area (Å²) in [4.78, 5) is 12.9. The van der Waals surface area contributed by atoms with Crippen molar-refractivity contribution in [3.8, 4) is 16.9 Å². The van der Waals surface area contributed by atoms with Crippen LogP contribution < -0.4 is 10.6 Å². The Kier molecular flexibility index (Phi) is 6.18. The highest BCUT2D eigenvalue weighted by Crippen LogP contribution is 2.35. The summed E-state index contributed by atoms with van der Waals surface area (Å²) < 4.78 is 7.19. The van der Waals surface area contributed by atoms with Crippen LogP contribution in [-0.2, 0) is 9.53 Å². The van der Waals surface area contributed by atoms with Gasteiger partial charge in [0.25, 0.3) is 0 Å². The highest BCUT2D eigenvalue weighted by atomic mass is 32.1. The summed E-state index contributed by atoms with van der Waals surface area (Å²) in [6.45, 7) is 7.61. The molecular formula is C25H24N4O2S. The molecule has 6 nitrogen and oxygen atoms in total. The monoisotopic (exact) mass is 444 g/mol. The second kappa shape index (κ2) is 9.20. The zero-order valence-electron chi connectivity index (χ0n) is 18.0. The first-order valence-electron chi connectivity index (χ1n) is 10.3. The van der Waals surface area contributed by atoms with E-state index in [1.807, 2.05) is 79.3 Å². The number of hydrogen-bond donors (Lipinski definition) is 2. The van der Waals surface area contributed by atoms with Gasteiger partial charge in [0, 0.05) is 23.0 Å². The maximum atomic E-state index is 12.9. The number of nitrogens with one attached hydrogen (secondary N) is 2. The van der Waals surface area contributed by atoms with Crippen molar-refractivity contribution in [1.82, 2.24) is 20.4 Å². The molecule has 2 aromatic carbocycles. The van der Waals surface area contributed by atoms with E-state index >= 15 is 0 Å². The maximum Gasteiger partial charge on any atom is 0.338 e. The zero-order valence-corrected chi connectivity index (χ0v) is 18.8. The lowest BCUT2D eigenvalue weighted by Crippen LogP contribution is -2.45. The molecule has 1 unspecified atom stereocenters. The number of rotatable bonds is 6. The number of carbonyl (C=O) groups excluding carboxylic acids is 1. The van der Waals surface area contributed by atoms with Crippen molar-refractivity contribution < 1.29 is 9.53 Å². The van der Waals surface area contributed by atoms with E-state index < -0.39 is 12.0 Å². The van der Waals surface area contributed by atoms with Gasteiger partial charge in [-0.1, -0.05) is 60.7 Å². The lowest BCUT2D eigenvalue weighted by Gasteiger charge is -2.29. The minimum Gasteiger partial charge on any atom is -0.458 e. The van der Waals surface area contributed by atoms with Crippen LogP contribution in [0.3, 0.4) is 0 Å². The number of benzene rings is 2. The minimum absolute atomic E-state index is 0.126. The Hall–Kier alpha value is -3.71. The van der Waals surface area contributed by atoms with E-state index in [0.29, 0.717) is 16.4 Å². The van der Waals surface area contributed by atoms with Gasteiger partial charge in [0.1, 0.15) is 6.61 Å². The smallest absolute Gasteiger partial charge is 0.338 e. The van der Waals surface area contributed by atoms with E-state index in [0.717, 1.165) is 28.1 Å². The van der Waals surface area contributed by atoms with Crippen molar-refractivity contribution in [2.24, 2.45) is 0 Å². The molecule has 2 N–H and O–H groups in total. The van der Waals surface area contributed by atoms with Gasteiger partial charge in [0.15, 0.2) is 5.11 Å². The molecule has 2 heterocycles. The normalized spacial score (nSPS) is 15.7. The van der Waals surface area contributed by atoms with Gasteiger partial charge in [-0.25, -0.2) is 9.48 Å². The summed E-state index contributed by atoms with van der Waals surface area (Å²) >= 11 is 5.41. The molecular weight excluding hydrogens is 420 g/mol. The molecule has 7 heteroatoms. The number of para-hydroxylation sites is 1. The Morgan fingerprint density at radius 3 is 2.59 bits per heavy atom. The van der Waals surface area contributed by atoms with E-state index in [1.54, 1.807) is 6.08 Å². The highest BCUT2D eigenvalue weighted by molar-refractivity contribution is 7.80. The molecule has 32 heavy (non-hydrogen) atoms. The molecule has 3 aromatic rings. The minimum atomic E-state index is -0.519. The lowest BCUT2D eigenvalue weighted by atomic mass is 9.93. The second-order valence-electron chi connectivity index (χ2n) is 7.54. The average Bonchev–Trinajstić information content (AvgIpc) is 3.23. The number of esters is 1. The van der Waals surface area contributed by atoms with E-state index in [2.05, 4.69) is 17.2 Å². The SMILES string of the molecule is C=CCOC(=O)C1=C(C)NC(=S)NC1c1cn(-c2ccccc2)nc1-c1ccc(C)cc1. The van der Waals surface area contributed by atoms with Crippen LogP contribution >= 0.6 is 12.2 Å². The third-order valence-corrected chi connectivity index (χ3v) is 5.44. The Bertz CT molecular complexity index is 1200. The molecule has 0 aliphatic carbocycles. The lowest BCUT2D eigenvalue weighted by molar-refractivity contribution is -0.138. The Morgan fingerprint density at radius 1 is 1.19 bits per heavy atom. The van der Waals surface area contributed by atoms with Gasteiger partial charge in [-0.15, -0.1) is 0 Å². The van der Waals surface area contributed by atoms with Crippen LogP contribution in [0, 0.1) is 6.92 Å². The molecule has 0 amide bonds. The number of thiocarbonyl (C=S) groups is 1. The fourth-order valence-corrected chi connectivity index (χ4v) is 3.93. The van der Waals surface area contributed by atoms with Crippen molar-refractivity contribution in [2.45, 2.75) is 19.9 Å². The Labute approximate surface area is 192 Å². The van der Waals surface area contributed by atoms with Gasteiger partial charge in [0.05, 0.1) is 23.0 Å². The first-order chi connectivity index (χ1) is 15.5. The Morgan fingerprint density at radius 2 is 1.91 bits per heavy atom. The number of carbonyl (C=O) groups is 1. The van der Waals surface area contributed by atoms with Gasteiger partial charge in [0.2, 0.25) is 0 Å². The third kappa shape index (κ3) is 4.33. The standard InChI is InChI=1S/C25H24N4O2S/c1-4-14-31-24(30)21-17(3)26-25(32)27-23(21)20-15-29(19-8-6-5-7-9-19)28-22(20)18-12-10-16(2)11-13-18/h4-13,15,23H,1,14H2,2-3H3,(H2,26,27,32). The molecule has 0 bridgehead atoms. The maximum absolute atomic E-state index is 12.9. The molecule has 1 aliphatic heterocycles. The summed E-state index contributed by atoms with van der Waals surface area (Å²) in [6.07, 6.45) is 3.48. The van der Waals surface area contributed by atoms with Crippen LogP contribution in [0.15, 0.2) is 84.7 Å². The Balaban J connectivity index is 1.88. The van der Waals surface area contributed by atoms with Crippen molar-refractivity contribution in [1.29, 1.82) is 0 Å². The number of aryl methyl sites for hydroxylation is 1. The highest BCUT2D eigenvalue weighted by Gasteiger charge is 2.34. The van der Waals surface area contributed by atoms with Gasteiger partial charge < -0.3 is 15.4 Å². The first-order valence-corrected chi connectivity index (χ1v) is 10.7.